The van der Waals surface area contributed by atoms with Crippen LogP contribution in [-0.4, -0.2) is 37.5 Å². The van der Waals surface area contributed by atoms with Crippen molar-refractivity contribution in [2.24, 2.45) is 0 Å². The number of nitrogens with zero attached hydrogens (tertiary/aromatic N) is 1. The first kappa shape index (κ1) is 26.6. The number of imide groups is 2. The van der Waals surface area contributed by atoms with Crippen molar-refractivity contribution in [1.82, 2.24) is 5.32 Å². The van der Waals surface area contributed by atoms with Crippen molar-refractivity contribution in [3.05, 3.63) is 87.7 Å². The Morgan fingerprint density at radius 3 is 2.39 bits per heavy atom. The van der Waals surface area contributed by atoms with Gasteiger partial charge in [-0.25, -0.2) is 14.1 Å². The first-order valence-corrected chi connectivity index (χ1v) is 12.0. The molecule has 0 atom stereocenters. The highest BCUT2D eigenvalue weighted by Crippen LogP contribution is 2.35. The van der Waals surface area contributed by atoms with E-state index < -0.39 is 29.6 Å². The number of anilines is 2. The van der Waals surface area contributed by atoms with Gasteiger partial charge in [-0.05, 0) is 67.1 Å². The number of nitrogens with one attached hydrogen (secondary N) is 2. The summed E-state index contributed by atoms with van der Waals surface area (Å²) in [6, 6.07) is 14.2. The zero-order valence-corrected chi connectivity index (χ0v) is 21.8. The van der Waals surface area contributed by atoms with Crippen molar-refractivity contribution >= 4 is 57.1 Å². The van der Waals surface area contributed by atoms with Crippen molar-refractivity contribution in [2.75, 3.05) is 23.9 Å². The maximum atomic E-state index is 13.2. The smallest absolute Gasteiger partial charge is 0.335 e. The SMILES string of the molecule is COc1cc(/C=C2\C(=O)NC(=O)N(c3ccc(C)cc3)C2=O)c(Br)cc1OCC(=O)Nc1ccc(F)cc1. The molecule has 2 N–H and O–H groups in total. The number of halogens is 2. The lowest BCUT2D eigenvalue weighted by Crippen LogP contribution is -2.54. The molecule has 0 saturated carbocycles. The zero-order chi connectivity index (χ0) is 27.4. The Balaban J connectivity index is 1.55. The molecule has 1 aliphatic rings. The molecule has 1 fully saturated rings. The fourth-order valence-electron chi connectivity index (χ4n) is 3.55. The minimum absolute atomic E-state index is 0.215. The third kappa shape index (κ3) is 5.89. The number of urea groups is 1. The van der Waals surface area contributed by atoms with Crippen molar-refractivity contribution in [1.29, 1.82) is 0 Å². The van der Waals surface area contributed by atoms with Crippen LogP contribution in [0.3, 0.4) is 0 Å². The van der Waals surface area contributed by atoms with E-state index in [0.717, 1.165) is 10.5 Å². The third-order valence-electron chi connectivity index (χ3n) is 5.46. The molecular formula is C27H21BrFN3O6. The maximum absolute atomic E-state index is 13.2. The van der Waals surface area contributed by atoms with E-state index in [1.807, 2.05) is 6.92 Å². The van der Waals surface area contributed by atoms with Crippen LogP contribution in [0.5, 0.6) is 11.5 Å². The quantitative estimate of drug-likeness (QED) is 0.311. The number of hydrogen-bond donors (Lipinski definition) is 2. The molecule has 0 bridgehead atoms. The number of amides is 5. The summed E-state index contributed by atoms with van der Waals surface area (Å²) in [5, 5.41) is 4.77. The first-order chi connectivity index (χ1) is 18.2. The summed E-state index contributed by atoms with van der Waals surface area (Å²) in [5.74, 6) is -2.09. The van der Waals surface area contributed by atoms with Crippen molar-refractivity contribution in [3.63, 3.8) is 0 Å². The monoisotopic (exact) mass is 581 g/mol. The standard InChI is InChI=1S/C27H21BrFN3O6/c1-15-3-9-19(10-4-15)32-26(35)20(25(34)31-27(32)36)11-16-12-22(37-2)23(13-21(16)28)38-14-24(33)30-18-7-5-17(29)6-8-18/h3-13H,14H2,1-2H3,(H,30,33)(H,31,34,36)/b20-11+. The highest BCUT2D eigenvalue weighted by atomic mass is 79.9. The molecule has 11 heteroatoms. The van der Waals surface area contributed by atoms with Gasteiger partial charge in [0, 0.05) is 10.2 Å². The van der Waals surface area contributed by atoms with Crippen molar-refractivity contribution in [2.45, 2.75) is 6.92 Å². The molecule has 4 rings (SSSR count). The fourth-order valence-corrected chi connectivity index (χ4v) is 3.99. The Hall–Kier alpha value is -4.51. The second-order valence-electron chi connectivity index (χ2n) is 8.16. The molecule has 194 valence electrons. The summed E-state index contributed by atoms with van der Waals surface area (Å²) in [5.41, 5.74) is 1.79. The highest BCUT2D eigenvalue weighted by molar-refractivity contribution is 9.10. The van der Waals surface area contributed by atoms with Crippen molar-refractivity contribution in [3.8, 4) is 11.5 Å². The van der Waals surface area contributed by atoms with Gasteiger partial charge >= 0.3 is 6.03 Å². The molecule has 0 unspecified atom stereocenters. The number of carbonyl (C=O) groups excluding carboxylic acids is 4. The molecule has 3 aromatic rings. The molecule has 1 heterocycles. The van der Waals surface area contributed by atoms with E-state index in [4.69, 9.17) is 9.47 Å². The van der Waals surface area contributed by atoms with Gasteiger partial charge in [-0.2, -0.15) is 0 Å². The number of rotatable bonds is 7. The van der Waals surface area contributed by atoms with Gasteiger partial charge in [0.1, 0.15) is 11.4 Å². The Labute approximate surface area is 225 Å². The predicted molar refractivity (Wildman–Crippen MR) is 141 cm³/mol. The summed E-state index contributed by atoms with van der Waals surface area (Å²) in [4.78, 5) is 51.2. The minimum Gasteiger partial charge on any atom is -0.493 e. The molecule has 0 spiro atoms. The average Bonchev–Trinajstić information content (AvgIpc) is 2.88. The Bertz CT molecular complexity index is 1450. The topological polar surface area (TPSA) is 114 Å². The predicted octanol–water partition coefficient (Wildman–Crippen LogP) is 4.59. The normalized spacial score (nSPS) is 14.4. The van der Waals surface area contributed by atoms with Crippen LogP contribution in [0, 0.1) is 12.7 Å². The van der Waals surface area contributed by atoms with Gasteiger partial charge in [0.25, 0.3) is 17.7 Å². The molecule has 0 radical (unpaired) electrons. The average molecular weight is 582 g/mol. The molecular weight excluding hydrogens is 561 g/mol. The van der Waals surface area contributed by atoms with Crippen LogP contribution in [0.15, 0.2) is 70.7 Å². The molecule has 5 amide bonds. The molecule has 3 aromatic carbocycles. The second kappa shape index (κ2) is 11.3. The van der Waals surface area contributed by atoms with E-state index in [1.165, 1.54) is 49.6 Å². The molecule has 0 aromatic heterocycles. The Morgan fingerprint density at radius 1 is 1.05 bits per heavy atom. The van der Waals surface area contributed by atoms with E-state index in [0.29, 0.717) is 21.4 Å². The largest absolute Gasteiger partial charge is 0.493 e. The number of hydrogen-bond acceptors (Lipinski definition) is 6. The molecule has 0 aliphatic carbocycles. The zero-order valence-electron chi connectivity index (χ0n) is 20.2. The van der Waals surface area contributed by atoms with Gasteiger partial charge in [-0.3, -0.25) is 19.7 Å². The second-order valence-corrected chi connectivity index (χ2v) is 9.02. The molecule has 1 saturated heterocycles. The molecule has 9 nitrogen and oxygen atoms in total. The minimum atomic E-state index is -0.847. The van der Waals surface area contributed by atoms with Crippen LogP contribution in [0.1, 0.15) is 11.1 Å². The lowest BCUT2D eigenvalue weighted by Gasteiger charge is -2.26. The van der Waals surface area contributed by atoms with E-state index in [9.17, 15) is 23.6 Å². The maximum Gasteiger partial charge on any atom is 0.335 e. The van der Waals surface area contributed by atoms with E-state index in [-0.39, 0.29) is 23.7 Å². The Morgan fingerprint density at radius 2 is 1.74 bits per heavy atom. The number of methoxy groups -OCH3 is 1. The first-order valence-electron chi connectivity index (χ1n) is 11.2. The number of carbonyl (C=O) groups is 4. The fraction of sp³-hybridized carbons (Fsp3) is 0.111. The summed E-state index contributed by atoms with van der Waals surface area (Å²) < 4.78 is 24.4. The van der Waals surface area contributed by atoms with Gasteiger partial charge in [0.15, 0.2) is 18.1 Å². The third-order valence-corrected chi connectivity index (χ3v) is 6.15. The van der Waals surface area contributed by atoms with E-state index >= 15 is 0 Å². The van der Waals surface area contributed by atoms with Crippen LogP contribution in [0.2, 0.25) is 0 Å². The summed E-state index contributed by atoms with van der Waals surface area (Å²) in [7, 11) is 1.39. The van der Waals surface area contributed by atoms with Crippen LogP contribution in [0.4, 0.5) is 20.6 Å². The van der Waals surface area contributed by atoms with Gasteiger partial charge in [-0.1, -0.05) is 33.6 Å². The van der Waals surface area contributed by atoms with Crippen molar-refractivity contribution < 1.29 is 33.0 Å². The molecule has 1 aliphatic heterocycles. The number of aryl methyl sites for hydroxylation is 1. The van der Waals surface area contributed by atoms with Gasteiger partial charge in [-0.15, -0.1) is 0 Å². The van der Waals surface area contributed by atoms with E-state index in [1.54, 1.807) is 24.3 Å². The van der Waals surface area contributed by atoms with Gasteiger partial charge in [0.05, 0.1) is 12.8 Å². The number of benzene rings is 3. The van der Waals surface area contributed by atoms with Crippen LogP contribution < -0.4 is 25.0 Å². The lowest BCUT2D eigenvalue weighted by atomic mass is 10.1. The summed E-state index contributed by atoms with van der Waals surface area (Å²) >= 11 is 3.38. The van der Waals surface area contributed by atoms with Crippen LogP contribution in [0.25, 0.3) is 6.08 Å². The highest BCUT2D eigenvalue weighted by Gasteiger charge is 2.37. The van der Waals surface area contributed by atoms with Crippen LogP contribution in [-0.2, 0) is 14.4 Å². The van der Waals surface area contributed by atoms with Gasteiger partial charge < -0.3 is 14.8 Å². The van der Waals surface area contributed by atoms with Gasteiger partial charge in [0.2, 0.25) is 0 Å². The van der Waals surface area contributed by atoms with E-state index in [2.05, 4.69) is 26.6 Å². The number of barbiturate groups is 1. The lowest BCUT2D eigenvalue weighted by molar-refractivity contribution is -0.122. The summed E-state index contributed by atoms with van der Waals surface area (Å²) in [6.45, 7) is 1.50. The Kier molecular flexibility index (Phi) is 7.87. The molecule has 38 heavy (non-hydrogen) atoms. The summed E-state index contributed by atoms with van der Waals surface area (Å²) in [6.07, 6.45) is 1.32. The number of ether oxygens (including phenoxy) is 2. The van der Waals surface area contributed by atoms with Crippen LogP contribution >= 0.6 is 15.9 Å².